The van der Waals surface area contributed by atoms with Crippen LogP contribution in [0.2, 0.25) is 0 Å². The van der Waals surface area contributed by atoms with Crippen LogP contribution in [0.15, 0.2) is 6.07 Å². The molecule has 1 aliphatic rings. The van der Waals surface area contributed by atoms with Crippen LogP contribution in [0.4, 0.5) is 11.8 Å². The summed E-state index contributed by atoms with van der Waals surface area (Å²) in [6.45, 7) is 9.71. The Bertz CT molecular complexity index is 405. The van der Waals surface area contributed by atoms with Gasteiger partial charge in [-0.1, -0.05) is 13.8 Å². The molecule has 0 radical (unpaired) electrons. The van der Waals surface area contributed by atoms with E-state index in [-0.39, 0.29) is 0 Å². The Morgan fingerprint density at radius 2 is 2.16 bits per heavy atom. The van der Waals surface area contributed by atoms with Crippen molar-refractivity contribution >= 4 is 11.8 Å². The van der Waals surface area contributed by atoms with Gasteiger partial charge in [0.2, 0.25) is 5.95 Å². The Morgan fingerprint density at radius 3 is 2.95 bits per heavy atom. The van der Waals surface area contributed by atoms with E-state index in [0.717, 1.165) is 49.4 Å². The largest absolute Gasteiger partial charge is 0.356 e. The van der Waals surface area contributed by atoms with Gasteiger partial charge in [0.05, 0.1) is 0 Å². The molecule has 0 aliphatic carbocycles. The van der Waals surface area contributed by atoms with Crippen LogP contribution >= 0.6 is 0 Å². The van der Waals surface area contributed by atoms with Crippen molar-refractivity contribution in [2.24, 2.45) is 5.92 Å². The van der Waals surface area contributed by atoms with E-state index in [2.05, 4.69) is 40.1 Å². The van der Waals surface area contributed by atoms with Gasteiger partial charge >= 0.3 is 0 Å². The van der Waals surface area contributed by atoms with Gasteiger partial charge in [0, 0.05) is 31.4 Å². The predicted octanol–water partition coefficient (Wildman–Crippen LogP) is 3.23. The SMILES string of the molecule is CCCNc1nc(C)cc(N2CCCC(C)CC2)n1. The molecule has 0 amide bonds. The van der Waals surface area contributed by atoms with Crippen molar-refractivity contribution in [2.75, 3.05) is 29.9 Å². The minimum absolute atomic E-state index is 0.772. The minimum atomic E-state index is 0.772. The molecule has 2 heterocycles. The number of hydrogen-bond acceptors (Lipinski definition) is 4. The number of aromatic nitrogens is 2. The second-order valence-corrected chi connectivity index (χ2v) is 5.64. The van der Waals surface area contributed by atoms with Gasteiger partial charge in [0.15, 0.2) is 0 Å². The number of anilines is 2. The molecule has 19 heavy (non-hydrogen) atoms. The zero-order valence-corrected chi connectivity index (χ0v) is 12.4. The Morgan fingerprint density at radius 1 is 1.32 bits per heavy atom. The van der Waals surface area contributed by atoms with E-state index in [1.807, 2.05) is 6.92 Å². The quantitative estimate of drug-likeness (QED) is 0.904. The second-order valence-electron chi connectivity index (χ2n) is 5.64. The smallest absolute Gasteiger partial charge is 0.224 e. The number of aryl methyl sites for hydroxylation is 1. The third kappa shape index (κ3) is 4.08. The lowest BCUT2D eigenvalue weighted by atomic mass is 10.0. The van der Waals surface area contributed by atoms with Gasteiger partial charge < -0.3 is 10.2 Å². The fraction of sp³-hybridized carbons (Fsp3) is 0.733. The molecule has 2 rings (SSSR count). The van der Waals surface area contributed by atoms with Gasteiger partial charge in [0.25, 0.3) is 0 Å². The number of hydrogen-bond donors (Lipinski definition) is 1. The Labute approximate surface area is 116 Å². The van der Waals surface area contributed by atoms with E-state index in [9.17, 15) is 0 Å². The predicted molar refractivity (Wildman–Crippen MR) is 80.8 cm³/mol. The van der Waals surface area contributed by atoms with E-state index in [0.29, 0.717) is 0 Å². The highest BCUT2D eigenvalue weighted by atomic mass is 15.2. The van der Waals surface area contributed by atoms with E-state index in [4.69, 9.17) is 0 Å². The molecule has 0 bridgehead atoms. The van der Waals surface area contributed by atoms with Crippen molar-refractivity contribution < 1.29 is 0 Å². The normalized spacial score (nSPS) is 20.2. The van der Waals surface area contributed by atoms with Gasteiger partial charge in [-0.25, -0.2) is 4.98 Å². The van der Waals surface area contributed by atoms with Crippen molar-refractivity contribution in [3.05, 3.63) is 11.8 Å². The highest BCUT2D eigenvalue weighted by Gasteiger charge is 2.16. The highest BCUT2D eigenvalue weighted by Crippen LogP contribution is 2.22. The van der Waals surface area contributed by atoms with Crippen LogP contribution in [0.5, 0.6) is 0 Å². The highest BCUT2D eigenvalue weighted by molar-refractivity contribution is 5.44. The van der Waals surface area contributed by atoms with Crippen LogP contribution in [-0.4, -0.2) is 29.6 Å². The molecule has 0 saturated carbocycles. The second kappa shape index (κ2) is 6.73. The summed E-state index contributed by atoms with van der Waals surface area (Å²) in [6.07, 6.45) is 4.96. The first-order valence-corrected chi connectivity index (χ1v) is 7.53. The van der Waals surface area contributed by atoms with E-state index in [1.54, 1.807) is 0 Å². The molecule has 4 nitrogen and oxygen atoms in total. The average Bonchev–Trinajstić information content (AvgIpc) is 2.60. The Balaban J connectivity index is 2.11. The van der Waals surface area contributed by atoms with Gasteiger partial charge in [-0.2, -0.15) is 4.98 Å². The third-order valence-corrected chi connectivity index (χ3v) is 3.71. The van der Waals surface area contributed by atoms with Crippen LogP contribution in [0, 0.1) is 12.8 Å². The standard InChI is InChI=1S/C15H26N4/c1-4-8-16-15-17-13(3)11-14(18-15)19-9-5-6-12(2)7-10-19/h11-12H,4-10H2,1-3H3,(H,16,17,18). The maximum atomic E-state index is 4.67. The van der Waals surface area contributed by atoms with Crippen LogP contribution in [-0.2, 0) is 0 Å². The van der Waals surface area contributed by atoms with Gasteiger partial charge in [0.1, 0.15) is 5.82 Å². The van der Waals surface area contributed by atoms with Crippen LogP contribution in [0.3, 0.4) is 0 Å². The summed E-state index contributed by atoms with van der Waals surface area (Å²) in [6, 6.07) is 2.10. The molecular formula is C15H26N4. The molecule has 1 atom stereocenters. The molecular weight excluding hydrogens is 236 g/mol. The molecule has 1 N–H and O–H groups in total. The monoisotopic (exact) mass is 262 g/mol. The first kappa shape index (κ1) is 14.1. The molecule has 1 aromatic rings. The number of nitrogens with zero attached hydrogens (tertiary/aromatic N) is 3. The summed E-state index contributed by atoms with van der Waals surface area (Å²) < 4.78 is 0. The first-order chi connectivity index (χ1) is 9.19. The minimum Gasteiger partial charge on any atom is -0.356 e. The molecule has 1 unspecified atom stereocenters. The first-order valence-electron chi connectivity index (χ1n) is 7.53. The molecule has 106 valence electrons. The average molecular weight is 262 g/mol. The maximum Gasteiger partial charge on any atom is 0.224 e. The van der Waals surface area contributed by atoms with E-state index >= 15 is 0 Å². The molecule has 1 fully saturated rings. The summed E-state index contributed by atoms with van der Waals surface area (Å²) in [7, 11) is 0. The summed E-state index contributed by atoms with van der Waals surface area (Å²) >= 11 is 0. The van der Waals surface area contributed by atoms with Crippen LogP contribution in [0.25, 0.3) is 0 Å². The zero-order chi connectivity index (χ0) is 13.7. The summed E-state index contributed by atoms with van der Waals surface area (Å²) in [5.74, 6) is 2.69. The fourth-order valence-corrected chi connectivity index (χ4v) is 2.52. The molecule has 1 aliphatic heterocycles. The molecule has 1 saturated heterocycles. The van der Waals surface area contributed by atoms with Crippen LogP contribution < -0.4 is 10.2 Å². The van der Waals surface area contributed by atoms with Crippen molar-refractivity contribution in [3.63, 3.8) is 0 Å². The van der Waals surface area contributed by atoms with Crippen LogP contribution in [0.1, 0.15) is 45.2 Å². The lowest BCUT2D eigenvalue weighted by Crippen LogP contribution is -2.25. The number of nitrogens with one attached hydrogen (secondary N) is 1. The molecule has 0 spiro atoms. The zero-order valence-electron chi connectivity index (χ0n) is 12.4. The molecule has 4 heteroatoms. The summed E-state index contributed by atoms with van der Waals surface area (Å²) in [4.78, 5) is 11.5. The lowest BCUT2D eigenvalue weighted by molar-refractivity contribution is 0.521. The topological polar surface area (TPSA) is 41.1 Å². The Hall–Kier alpha value is -1.32. The lowest BCUT2D eigenvalue weighted by Gasteiger charge is -2.22. The van der Waals surface area contributed by atoms with Gasteiger partial charge in [-0.3, -0.25) is 0 Å². The number of rotatable bonds is 4. The van der Waals surface area contributed by atoms with Crippen molar-refractivity contribution in [1.82, 2.24) is 9.97 Å². The fourth-order valence-electron chi connectivity index (χ4n) is 2.52. The summed E-state index contributed by atoms with van der Waals surface area (Å²) in [5, 5.41) is 3.29. The molecule has 1 aromatic heterocycles. The van der Waals surface area contributed by atoms with Gasteiger partial charge in [-0.15, -0.1) is 0 Å². The Kier molecular flexibility index (Phi) is 5.00. The third-order valence-electron chi connectivity index (χ3n) is 3.71. The maximum absolute atomic E-state index is 4.67. The summed E-state index contributed by atoms with van der Waals surface area (Å²) in [5.41, 5.74) is 1.04. The van der Waals surface area contributed by atoms with Gasteiger partial charge in [-0.05, 0) is 38.5 Å². The van der Waals surface area contributed by atoms with Crippen molar-refractivity contribution in [1.29, 1.82) is 0 Å². The van der Waals surface area contributed by atoms with E-state index < -0.39 is 0 Å². The van der Waals surface area contributed by atoms with E-state index in [1.165, 1.54) is 19.3 Å². The van der Waals surface area contributed by atoms with Crippen molar-refractivity contribution in [2.45, 2.75) is 46.5 Å². The molecule has 0 aromatic carbocycles. The van der Waals surface area contributed by atoms with Crippen molar-refractivity contribution in [3.8, 4) is 0 Å².